The smallest absolute Gasteiger partial charge is 0.238 e. The Morgan fingerprint density at radius 1 is 1.16 bits per heavy atom. The van der Waals surface area contributed by atoms with Crippen molar-refractivity contribution in [2.24, 2.45) is 0 Å². The lowest BCUT2D eigenvalue weighted by Crippen LogP contribution is -2.62. The Kier molecular flexibility index (Phi) is 6.14. The molecule has 162 valence electrons. The predicted octanol–water partition coefficient (Wildman–Crippen LogP) is 5.99. The molecule has 0 saturated carbocycles. The highest BCUT2D eigenvalue weighted by molar-refractivity contribution is 6.31. The fourth-order valence-electron chi connectivity index (χ4n) is 5.17. The largest absolute Gasteiger partial charge is 0.348 e. The van der Waals surface area contributed by atoms with Gasteiger partial charge in [-0.15, -0.1) is 0 Å². The summed E-state index contributed by atoms with van der Waals surface area (Å²) in [5, 5.41) is 7.38. The molecule has 2 aromatic carbocycles. The molecule has 2 N–H and O–H groups in total. The second kappa shape index (κ2) is 8.68. The average molecular weight is 457 g/mol. The molecule has 2 aliphatic rings. The molecule has 2 heterocycles. The van der Waals surface area contributed by atoms with Crippen LogP contribution in [0.3, 0.4) is 0 Å². The molecule has 2 aliphatic heterocycles. The topological polar surface area (TPSA) is 58.2 Å². The lowest BCUT2D eigenvalue weighted by Gasteiger charge is -2.47. The summed E-state index contributed by atoms with van der Waals surface area (Å²) in [6.45, 7) is 4.11. The lowest BCUT2D eigenvalue weighted by molar-refractivity contribution is -0.130. The maximum absolute atomic E-state index is 13.8. The van der Waals surface area contributed by atoms with Crippen molar-refractivity contribution in [3.8, 4) is 0 Å². The molecule has 0 radical (unpaired) electrons. The first-order valence-electron chi connectivity index (χ1n) is 10.7. The summed E-state index contributed by atoms with van der Waals surface area (Å²) in [7, 11) is 0. The highest BCUT2D eigenvalue weighted by Gasteiger charge is 2.61. The number of carbonyl (C=O) groups is 2. The van der Waals surface area contributed by atoms with Crippen LogP contribution in [-0.4, -0.2) is 17.9 Å². The van der Waals surface area contributed by atoms with E-state index in [0.717, 1.165) is 36.0 Å². The van der Waals surface area contributed by atoms with Gasteiger partial charge in [-0.05, 0) is 55.2 Å². The van der Waals surface area contributed by atoms with E-state index < -0.39 is 11.5 Å². The second-order valence-corrected chi connectivity index (χ2v) is 9.17. The van der Waals surface area contributed by atoms with E-state index in [-0.39, 0.29) is 24.2 Å². The SMILES string of the molecule is CC=C(CCCC)[C@H]1NC(=O)C[C@@H](c2cccc(Cl)c2)[C@]12C(=O)Nc1cc(Cl)ccc12. The van der Waals surface area contributed by atoms with E-state index >= 15 is 0 Å². The Morgan fingerprint density at radius 2 is 1.94 bits per heavy atom. The van der Waals surface area contributed by atoms with Crippen LogP contribution in [0.25, 0.3) is 0 Å². The summed E-state index contributed by atoms with van der Waals surface area (Å²) >= 11 is 12.6. The fraction of sp³-hybridized carbons (Fsp3) is 0.360. The fourth-order valence-corrected chi connectivity index (χ4v) is 5.54. The van der Waals surface area contributed by atoms with Gasteiger partial charge in [0, 0.05) is 28.1 Å². The van der Waals surface area contributed by atoms with Gasteiger partial charge >= 0.3 is 0 Å². The van der Waals surface area contributed by atoms with Crippen molar-refractivity contribution in [3.05, 3.63) is 75.3 Å². The Morgan fingerprint density at radius 3 is 2.65 bits per heavy atom. The molecule has 31 heavy (non-hydrogen) atoms. The van der Waals surface area contributed by atoms with Crippen molar-refractivity contribution >= 4 is 40.7 Å². The second-order valence-electron chi connectivity index (χ2n) is 8.29. The third-order valence-corrected chi connectivity index (χ3v) is 7.03. The van der Waals surface area contributed by atoms with Crippen LogP contribution in [0.15, 0.2) is 54.1 Å². The van der Waals surface area contributed by atoms with Crippen LogP contribution < -0.4 is 10.6 Å². The zero-order chi connectivity index (χ0) is 22.2. The number of rotatable bonds is 5. The average Bonchev–Trinajstić information content (AvgIpc) is 3.02. The van der Waals surface area contributed by atoms with E-state index in [1.165, 1.54) is 0 Å². The summed E-state index contributed by atoms with van der Waals surface area (Å²) < 4.78 is 0. The first-order valence-corrected chi connectivity index (χ1v) is 11.5. The van der Waals surface area contributed by atoms with Gasteiger partial charge < -0.3 is 10.6 Å². The number of amides is 2. The van der Waals surface area contributed by atoms with E-state index in [9.17, 15) is 9.59 Å². The molecule has 1 fully saturated rings. The van der Waals surface area contributed by atoms with Crippen LogP contribution >= 0.6 is 23.2 Å². The quantitative estimate of drug-likeness (QED) is 0.542. The van der Waals surface area contributed by atoms with Gasteiger partial charge in [0.25, 0.3) is 0 Å². The van der Waals surface area contributed by atoms with Crippen LogP contribution in [0.4, 0.5) is 5.69 Å². The number of carbonyl (C=O) groups excluding carboxylic acids is 2. The number of fused-ring (bicyclic) bond motifs is 2. The first-order chi connectivity index (χ1) is 14.9. The summed E-state index contributed by atoms with van der Waals surface area (Å²) in [5.41, 5.74) is 2.55. The van der Waals surface area contributed by atoms with Gasteiger partial charge in [0.15, 0.2) is 0 Å². The molecular weight excluding hydrogens is 431 g/mol. The molecular formula is C25H26Cl2N2O2. The van der Waals surface area contributed by atoms with Crippen molar-refractivity contribution < 1.29 is 9.59 Å². The van der Waals surface area contributed by atoms with E-state index in [1.807, 2.05) is 43.3 Å². The van der Waals surface area contributed by atoms with Crippen molar-refractivity contribution in [3.63, 3.8) is 0 Å². The number of hydrogen-bond acceptors (Lipinski definition) is 2. The van der Waals surface area contributed by atoms with Gasteiger partial charge in [0.1, 0.15) is 5.41 Å². The Balaban J connectivity index is 1.97. The molecule has 0 unspecified atom stereocenters. The minimum absolute atomic E-state index is 0.0633. The molecule has 1 saturated heterocycles. The summed E-state index contributed by atoms with van der Waals surface area (Å²) in [6, 6.07) is 12.6. The maximum atomic E-state index is 13.8. The van der Waals surface area contributed by atoms with Crippen molar-refractivity contribution in [2.45, 2.75) is 56.9 Å². The van der Waals surface area contributed by atoms with Gasteiger partial charge in [-0.3, -0.25) is 9.59 Å². The van der Waals surface area contributed by atoms with Gasteiger partial charge in [0.05, 0.1) is 6.04 Å². The van der Waals surface area contributed by atoms with E-state index in [0.29, 0.717) is 15.7 Å². The van der Waals surface area contributed by atoms with Crippen LogP contribution in [0.1, 0.15) is 56.6 Å². The summed E-state index contributed by atoms with van der Waals surface area (Å²) in [6.07, 6.45) is 5.08. The van der Waals surface area contributed by atoms with Crippen molar-refractivity contribution in [1.29, 1.82) is 0 Å². The maximum Gasteiger partial charge on any atom is 0.238 e. The van der Waals surface area contributed by atoms with Gasteiger partial charge in [-0.1, -0.05) is 66.4 Å². The third-order valence-electron chi connectivity index (χ3n) is 6.56. The Labute approximate surface area is 193 Å². The number of halogens is 2. The van der Waals surface area contributed by atoms with E-state index in [2.05, 4.69) is 17.6 Å². The van der Waals surface area contributed by atoms with Gasteiger partial charge in [-0.25, -0.2) is 0 Å². The highest BCUT2D eigenvalue weighted by atomic mass is 35.5. The molecule has 4 rings (SSSR count). The Hall–Kier alpha value is -2.30. The van der Waals surface area contributed by atoms with E-state index in [4.69, 9.17) is 23.2 Å². The minimum Gasteiger partial charge on any atom is -0.348 e. The number of nitrogens with one attached hydrogen (secondary N) is 2. The number of benzene rings is 2. The van der Waals surface area contributed by atoms with Crippen LogP contribution in [0.5, 0.6) is 0 Å². The third kappa shape index (κ3) is 3.66. The van der Waals surface area contributed by atoms with Crippen LogP contribution in [0, 0.1) is 0 Å². The molecule has 2 amide bonds. The monoisotopic (exact) mass is 456 g/mol. The highest BCUT2D eigenvalue weighted by Crippen LogP contribution is 2.54. The predicted molar refractivity (Wildman–Crippen MR) is 126 cm³/mol. The molecule has 2 aromatic rings. The number of hydrogen-bond donors (Lipinski definition) is 2. The molecule has 4 nitrogen and oxygen atoms in total. The van der Waals surface area contributed by atoms with Gasteiger partial charge in [0.2, 0.25) is 11.8 Å². The van der Waals surface area contributed by atoms with E-state index in [1.54, 1.807) is 12.1 Å². The number of anilines is 1. The summed E-state index contributed by atoms with van der Waals surface area (Å²) in [4.78, 5) is 26.8. The zero-order valence-corrected chi connectivity index (χ0v) is 19.2. The van der Waals surface area contributed by atoms with Crippen LogP contribution in [0.2, 0.25) is 10.0 Å². The molecule has 0 aromatic heterocycles. The lowest BCUT2D eigenvalue weighted by atomic mass is 9.59. The number of allylic oxidation sites excluding steroid dienone is 1. The zero-order valence-electron chi connectivity index (χ0n) is 17.7. The number of piperidine rings is 1. The summed E-state index contributed by atoms with van der Waals surface area (Å²) in [5.74, 6) is -0.536. The molecule has 6 heteroatoms. The molecule has 1 spiro atoms. The Bertz CT molecular complexity index is 1070. The first kappa shape index (κ1) is 21.9. The standard InChI is InChI=1S/C25H26Cl2N2O2/c1-3-5-7-15(4-2)23-25(19-11-10-18(27)13-21(19)28-24(25)31)20(14-22(30)29-23)16-8-6-9-17(26)12-16/h4,6,8-13,20,23H,3,5,7,14H2,1-2H3,(H,28,31)(H,29,30)/t20-,23+,25-/m0/s1. The number of unbranched alkanes of at least 4 members (excludes halogenated alkanes) is 1. The van der Waals surface area contributed by atoms with Crippen molar-refractivity contribution in [2.75, 3.05) is 5.32 Å². The van der Waals surface area contributed by atoms with Crippen LogP contribution in [-0.2, 0) is 15.0 Å². The normalized spacial score (nSPS) is 25.4. The molecule has 0 bridgehead atoms. The molecule has 3 atom stereocenters. The van der Waals surface area contributed by atoms with Crippen molar-refractivity contribution in [1.82, 2.24) is 5.32 Å². The minimum atomic E-state index is -0.978. The molecule has 0 aliphatic carbocycles. The van der Waals surface area contributed by atoms with Gasteiger partial charge in [-0.2, -0.15) is 0 Å².